The molecule has 368 valence electrons. The lowest BCUT2D eigenvalue weighted by atomic mass is 9.86. The summed E-state index contributed by atoms with van der Waals surface area (Å²) in [5.41, 5.74) is 16.1. The maximum Gasteiger partial charge on any atom is 0.274 e. The maximum atomic E-state index is 14.9. The Kier molecular flexibility index (Phi) is 18.0. The molecule has 4 atom stereocenters. The third kappa shape index (κ3) is 13.9. The van der Waals surface area contributed by atoms with Crippen LogP contribution < -0.4 is 36.1 Å². The number of nitrogens with zero attached hydrogens (tertiary/aromatic N) is 4. The smallest absolute Gasteiger partial charge is 0.274 e. The fourth-order valence-corrected chi connectivity index (χ4v) is 8.72. The van der Waals surface area contributed by atoms with Gasteiger partial charge in [-0.3, -0.25) is 24.0 Å². The third-order valence-electron chi connectivity index (χ3n) is 11.9. The number of Topliss-reactive ketones (excluding diaryl/α,β-unsaturated/α-hetero) is 3. The highest BCUT2D eigenvalue weighted by Crippen LogP contribution is 2.41. The molecule has 69 heavy (non-hydrogen) atoms. The van der Waals surface area contributed by atoms with Crippen LogP contribution in [0.4, 0.5) is 0 Å². The van der Waals surface area contributed by atoms with E-state index in [1.54, 1.807) is 50.2 Å². The topological polar surface area (TPSA) is 293 Å². The molecule has 4 bridgehead atoms. The molecule has 1 aliphatic rings. The van der Waals surface area contributed by atoms with Gasteiger partial charge in [0.1, 0.15) is 30.8 Å². The zero-order valence-corrected chi connectivity index (χ0v) is 41.1. The largest absolute Gasteiger partial charge is 0.492 e. The van der Waals surface area contributed by atoms with Crippen LogP contribution in [0.2, 0.25) is 0 Å². The van der Waals surface area contributed by atoms with Crippen molar-refractivity contribution in [3.8, 4) is 40.1 Å². The molecule has 0 saturated carbocycles. The molecule has 0 aliphatic carbocycles. The summed E-state index contributed by atoms with van der Waals surface area (Å²) < 4.78 is 39.0. The first-order valence-corrected chi connectivity index (χ1v) is 24.3. The van der Waals surface area contributed by atoms with Gasteiger partial charge in [0, 0.05) is 75.0 Å². The van der Waals surface area contributed by atoms with E-state index in [1.807, 2.05) is 30.3 Å². The van der Waals surface area contributed by atoms with E-state index in [0.29, 0.717) is 45.4 Å². The first-order chi connectivity index (χ1) is 32.6. The lowest BCUT2D eigenvalue weighted by molar-refractivity contribution is -0.142. The minimum Gasteiger partial charge on any atom is -0.492 e. The van der Waals surface area contributed by atoms with Gasteiger partial charge in [0.25, 0.3) is 10.2 Å². The van der Waals surface area contributed by atoms with Crippen LogP contribution in [0.5, 0.6) is 11.5 Å². The van der Waals surface area contributed by atoms with Crippen molar-refractivity contribution < 1.29 is 41.9 Å². The molecule has 1 aliphatic heterocycles. The number of nitrogens with one attached hydrogen (secondary N) is 2. The normalized spacial score (nSPS) is 16.9. The van der Waals surface area contributed by atoms with Crippen LogP contribution in [0.15, 0.2) is 60.7 Å². The second kappa shape index (κ2) is 23.2. The van der Waals surface area contributed by atoms with Crippen LogP contribution in [0.1, 0.15) is 97.9 Å². The number of carbonyl (C=O) groups excluding carboxylic acids is 5. The second-order valence-electron chi connectivity index (χ2n) is 18.3. The van der Waals surface area contributed by atoms with E-state index in [-0.39, 0.29) is 67.9 Å². The van der Waals surface area contributed by atoms with Gasteiger partial charge in [-0.25, -0.2) is 19.8 Å². The Morgan fingerprint density at radius 3 is 2.09 bits per heavy atom. The van der Waals surface area contributed by atoms with E-state index >= 15 is 0 Å². The number of likely N-dealkylation sites (N-methyl/N-ethyl adjacent to an activating group) is 1. The lowest BCUT2D eigenvalue weighted by Gasteiger charge is -2.32. The van der Waals surface area contributed by atoms with Gasteiger partial charge in [-0.05, 0) is 66.6 Å². The summed E-state index contributed by atoms with van der Waals surface area (Å²) in [5.74, 6) is -4.27. The Morgan fingerprint density at radius 1 is 0.928 bits per heavy atom. The number of hydrogen-bond acceptors (Lipinski definition) is 14. The quantitative estimate of drug-likeness (QED) is 0.0879. The SMILES string of the molecule is Cc1nc(-c2ccc(C(C)(C)C)cc2)nc(C)c1C(=O)C[C@@H](CNS(N)(=O)=O)C(=O)N(C)[C@@H]1C(=O)C[C@@H](C)C(=O)N[C@H](C(=O)CCC#N)Cc2ccc(OCCN)c(c2)-c2cc1ccc2OCCN. The van der Waals surface area contributed by atoms with Crippen molar-refractivity contribution in [2.24, 2.45) is 28.4 Å². The molecule has 3 aromatic carbocycles. The number of carbonyl (C=O) groups is 5. The summed E-state index contributed by atoms with van der Waals surface area (Å²) in [6.07, 6.45) is -1.10. The number of nitrogens with two attached hydrogens (primary N) is 3. The number of aryl methyl sites for hydroxylation is 2. The Morgan fingerprint density at radius 2 is 1.52 bits per heavy atom. The number of ether oxygens (including phenoxy) is 2. The molecule has 8 N–H and O–H groups in total. The Labute approximate surface area is 403 Å². The third-order valence-corrected chi connectivity index (χ3v) is 12.5. The zero-order chi connectivity index (χ0) is 50.8. The maximum absolute atomic E-state index is 14.9. The predicted molar refractivity (Wildman–Crippen MR) is 260 cm³/mol. The minimum atomic E-state index is -4.39. The van der Waals surface area contributed by atoms with Crippen molar-refractivity contribution in [1.29, 1.82) is 5.26 Å². The molecule has 4 aromatic rings. The average Bonchev–Trinajstić information content (AvgIpc) is 3.29. The van der Waals surface area contributed by atoms with Crippen molar-refractivity contribution in [2.75, 3.05) is 39.9 Å². The lowest BCUT2D eigenvalue weighted by Crippen LogP contribution is -2.46. The molecule has 0 spiro atoms. The zero-order valence-electron chi connectivity index (χ0n) is 40.3. The molecule has 2 heterocycles. The van der Waals surface area contributed by atoms with Crippen LogP contribution in [-0.2, 0) is 41.2 Å². The molecule has 18 nitrogen and oxygen atoms in total. The van der Waals surface area contributed by atoms with E-state index in [1.165, 1.54) is 14.0 Å². The summed E-state index contributed by atoms with van der Waals surface area (Å²) >= 11 is 0. The Bertz CT molecular complexity index is 2690. The Hall–Kier alpha value is -6.43. The molecule has 0 saturated heterocycles. The van der Waals surface area contributed by atoms with Gasteiger partial charge in [0.15, 0.2) is 23.2 Å². The number of rotatable bonds is 18. The first-order valence-electron chi connectivity index (χ1n) is 22.8. The highest BCUT2D eigenvalue weighted by atomic mass is 32.2. The molecule has 19 heteroatoms. The number of aromatic nitrogens is 2. The molecule has 2 amide bonds. The highest BCUT2D eigenvalue weighted by Gasteiger charge is 2.37. The van der Waals surface area contributed by atoms with Gasteiger partial charge in [0.2, 0.25) is 11.8 Å². The van der Waals surface area contributed by atoms with Crippen molar-refractivity contribution >= 4 is 39.4 Å². The molecule has 0 radical (unpaired) electrons. The van der Waals surface area contributed by atoms with Crippen molar-refractivity contribution in [3.05, 3.63) is 94.3 Å². The number of fused-ring (bicyclic) bond motifs is 5. The van der Waals surface area contributed by atoms with Crippen molar-refractivity contribution in [1.82, 2.24) is 24.9 Å². The van der Waals surface area contributed by atoms with Gasteiger partial charge < -0.3 is 31.2 Å². The fraction of sp³-hybridized carbons (Fsp3) is 0.440. The van der Waals surface area contributed by atoms with Crippen LogP contribution in [0.3, 0.4) is 0 Å². The summed E-state index contributed by atoms with van der Waals surface area (Å²) in [4.78, 5) is 81.8. The molecular weight excluding hydrogens is 903 g/mol. The summed E-state index contributed by atoms with van der Waals surface area (Å²) in [6.45, 7) is 11.1. The summed E-state index contributed by atoms with van der Waals surface area (Å²) in [5, 5.41) is 17.4. The van der Waals surface area contributed by atoms with Gasteiger partial charge in [0.05, 0.1) is 35.0 Å². The minimum absolute atomic E-state index is 0.0484. The van der Waals surface area contributed by atoms with Crippen molar-refractivity contribution in [2.45, 2.75) is 91.1 Å². The van der Waals surface area contributed by atoms with E-state index in [2.05, 4.69) is 40.8 Å². The van der Waals surface area contributed by atoms with Crippen LogP contribution in [-0.4, -0.2) is 98.4 Å². The van der Waals surface area contributed by atoms with Crippen LogP contribution >= 0.6 is 0 Å². The van der Waals surface area contributed by atoms with E-state index in [4.69, 9.17) is 26.1 Å². The monoisotopic (exact) mass is 965 g/mol. The summed E-state index contributed by atoms with van der Waals surface area (Å²) in [6, 6.07) is 17.4. The van der Waals surface area contributed by atoms with Crippen molar-refractivity contribution in [3.63, 3.8) is 0 Å². The fourth-order valence-electron chi connectivity index (χ4n) is 8.29. The number of hydrogen-bond donors (Lipinski definition) is 5. The number of ketones is 3. The number of benzene rings is 3. The van der Waals surface area contributed by atoms with E-state index < -0.39 is 76.9 Å². The number of nitriles is 1. The Balaban J connectivity index is 1.61. The highest BCUT2D eigenvalue weighted by molar-refractivity contribution is 7.87. The summed E-state index contributed by atoms with van der Waals surface area (Å²) in [7, 11) is -3.03. The predicted octanol–water partition coefficient (Wildman–Crippen LogP) is 4.09. The van der Waals surface area contributed by atoms with Gasteiger partial charge in [-0.2, -0.15) is 13.7 Å². The van der Waals surface area contributed by atoms with E-state index in [0.717, 1.165) is 16.0 Å². The van der Waals surface area contributed by atoms with Gasteiger partial charge >= 0.3 is 0 Å². The van der Waals surface area contributed by atoms with E-state index in [9.17, 15) is 37.7 Å². The standard InChI is InChI=1S/C50H63N9O9S/c1-29-23-42(62)46(34-13-17-44(68-22-20-53)38(26-34)37-24-32(10-16-43(37)67-21-19-52)25-39(58-48(29)63)40(60)9-8-18-51)59(7)49(64)35(28-55-69(54,65)66)27-41(61)45-30(2)56-47(57-31(45)3)33-11-14-36(15-12-33)50(4,5)6/h10-17,24,26,29,35,39,46,55H,8-9,19-23,25,27-28,52-53H2,1-7H3,(H,58,63)(H2,54,65,66)/t29-,35+,39+,46+/m1/s1. The van der Waals surface area contributed by atoms with Gasteiger partial charge in [-0.15, -0.1) is 0 Å². The van der Waals surface area contributed by atoms with Crippen LogP contribution in [0, 0.1) is 37.0 Å². The molecule has 5 rings (SSSR count). The second-order valence-corrected chi connectivity index (χ2v) is 19.7. The van der Waals surface area contributed by atoms with Crippen LogP contribution in [0.25, 0.3) is 22.5 Å². The first kappa shape index (κ1) is 53.5. The van der Waals surface area contributed by atoms with Gasteiger partial charge in [-0.1, -0.05) is 64.1 Å². The molecule has 0 unspecified atom stereocenters. The molecule has 0 fully saturated rings. The average molecular weight is 966 g/mol. The number of amides is 2. The molecular formula is C50H63N9O9S. The molecule has 1 aromatic heterocycles.